The van der Waals surface area contributed by atoms with E-state index in [0.717, 1.165) is 33.2 Å². The number of hydrogen-bond donors (Lipinski definition) is 1. The molecule has 0 bridgehead atoms. The Balaban J connectivity index is 1.28. The minimum Gasteiger partial charge on any atom is -0.497 e. The molecule has 0 aromatic heterocycles. The number of carbonyl (C=O) groups is 2. The van der Waals surface area contributed by atoms with Gasteiger partial charge in [0, 0.05) is 22.6 Å². The van der Waals surface area contributed by atoms with Gasteiger partial charge in [-0.2, -0.15) is 0 Å². The van der Waals surface area contributed by atoms with E-state index in [4.69, 9.17) is 9.47 Å². The van der Waals surface area contributed by atoms with Gasteiger partial charge in [0.05, 0.1) is 31.4 Å². The van der Waals surface area contributed by atoms with Crippen LogP contribution in [0.3, 0.4) is 0 Å². The first kappa shape index (κ1) is 28.0. The number of thioether (sulfide) groups is 1. The molecule has 0 saturated carbocycles. The van der Waals surface area contributed by atoms with Crippen LogP contribution < -0.4 is 19.7 Å². The van der Waals surface area contributed by atoms with Crippen LogP contribution in [0.5, 0.6) is 11.5 Å². The Labute approximate surface area is 242 Å². The molecular weight excluding hydrogens is 539 g/mol. The molecule has 0 spiro atoms. The maximum absolute atomic E-state index is 14.4. The zero-order chi connectivity index (χ0) is 28.8. The van der Waals surface area contributed by atoms with Gasteiger partial charge in [-0.15, -0.1) is 0 Å². The third-order valence-electron chi connectivity index (χ3n) is 6.76. The normalized spacial score (nSPS) is 13.6. The highest BCUT2D eigenvalue weighted by Gasteiger charge is 2.29. The molecular formula is C33H29FN2O4S. The van der Waals surface area contributed by atoms with E-state index < -0.39 is 0 Å². The minimum absolute atomic E-state index is 0.126. The zero-order valence-electron chi connectivity index (χ0n) is 22.7. The summed E-state index contributed by atoms with van der Waals surface area (Å²) in [7, 11) is 3.22. The number of para-hydroxylation sites is 1. The van der Waals surface area contributed by atoms with Crippen LogP contribution in [0.15, 0.2) is 101 Å². The van der Waals surface area contributed by atoms with Crippen LogP contribution >= 0.6 is 11.8 Å². The Bertz CT molecular complexity index is 1600. The van der Waals surface area contributed by atoms with Gasteiger partial charge in [0.25, 0.3) is 11.8 Å². The van der Waals surface area contributed by atoms with Crippen molar-refractivity contribution in [3.8, 4) is 11.5 Å². The zero-order valence-corrected chi connectivity index (χ0v) is 23.5. The predicted octanol–water partition coefficient (Wildman–Crippen LogP) is 6.50. The number of methoxy groups -OCH3 is 2. The fourth-order valence-corrected chi connectivity index (χ4v) is 5.65. The Morgan fingerprint density at radius 3 is 2.44 bits per heavy atom. The third-order valence-corrected chi connectivity index (χ3v) is 7.83. The van der Waals surface area contributed by atoms with Crippen molar-refractivity contribution < 1.29 is 23.5 Å². The van der Waals surface area contributed by atoms with E-state index in [9.17, 15) is 14.0 Å². The van der Waals surface area contributed by atoms with Crippen LogP contribution in [0, 0.1) is 5.82 Å². The van der Waals surface area contributed by atoms with Crippen molar-refractivity contribution in [2.45, 2.75) is 17.9 Å². The number of benzene rings is 4. The largest absolute Gasteiger partial charge is 0.497 e. The SMILES string of the molecule is COc1ccc(OC)c(CCNC(=O)c2ccc(C=C3Sc4ccccc4N(Cc4ccccc4F)C3=O)cc2)c1. The number of halogens is 1. The lowest BCUT2D eigenvalue weighted by Crippen LogP contribution is -2.34. The number of hydrogen-bond acceptors (Lipinski definition) is 5. The molecule has 1 aliphatic rings. The summed E-state index contributed by atoms with van der Waals surface area (Å²) in [6.45, 7) is 0.553. The van der Waals surface area contributed by atoms with Crippen molar-refractivity contribution in [2.75, 3.05) is 25.7 Å². The Hall–Kier alpha value is -4.56. The van der Waals surface area contributed by atoms with Gasteiger partial charge in [-0.1, -0.05) is 54.2 Å². The van der Waals surface area contributed by atoms with E-state index in [1.54, 1.807) is 55.5 Å². The Kier molecular flexibility index (Phi) is 8.70. The molecule has 0 fully saturated rings. The summed E-state index contributed by atoms with van der Waals surface area (Å²) in [4.78, 5) is 29.3. The minimum atomic E-state index is -0.349. The highest BCUT2D eigenvalue weighted by Crippen LogP contribution is 2.42. The molecule has 8 heteroatoms. The van der Waals surface area contributed by atoms with Crippen LogP contribution in [0.2, 0.25) is 0 Å². The maximum atomic E-state index is 14.4. The molecule has 0 unspecified atom stereocenters. The van der Waals surface area contributed by atoms with E-state index in [-0.39, 0.29) is 24.2 Å². The van der Waals surface area contributed by atoms with Crippen LogP contribution in [0.4, 0.5) is 10.1 Å². The smallest absolute Gasteiger partial charge is 0.265 e. The van der Waals surface area contributed by atoms with Gasteiger partial charge < -0.3 is 19.7 Å². The number of carbonyl (C=O) groups excluding carboxylic acids is 2. The van der Waals surface area contributed by atoms with E-state index in [2.05, 4.69) is 5.32 Å². The molecule has 5 rings (SSSR count). The van der Waals surface area contributed by atoms with Crippen molar-refractivity contribution >= 4 is 35.3 Å². The van der Waals surface area contributed by atoms with Crippen molar-refractivity contribution in [3.05, 3.63) is 124 Å². The number of nitrogens with one attached hydrogen (secondary N) is 1. The van der Waals surface area contributed by atoms with Gasteiger partial charge in [-0.05, 0) is 72.2 Å². The number of nitrogens with zero attached hydrogens (tertiary/aromatic N) is 1. The molecule has 1 heterocycles. The van der Waals surface area contributed by atoms with Crippen molar-refractivity contribution in [1.29, 1.82) is 0 Å². The average molecular weight is 569 g/mol. The molecule has 2 amide bonds. The predicted molar refractivity (Wildman–Crippen MR) is 160 cm³/mol. The molecule has 208 valence electrons. The first-order valence-corrected chi connectivity index (χ1v) is 13.9. The van der Waals surface area contributed by atoms with E-state index >= 15 is 0 Å². The number of amides is 2. The molecule has 4 aromatic carbocycles. The van der Waals surface area contributed by atoms with E-state index in [1.165, 1.54) is 17.8 Å². The molecule has 1 N–H and O–H groups in total. The second-order valence-corrected chi connectivity index (χ2v) is 10.5. The van der Waals surface area contributed by atoms with Gasteiger partial charge in [-0.25, -0.2) is 4.39 Å². The number of fused-ring (bicyclic) bond motifs is 1. The summed E-state index contributed by atoms with van der Waals surface area (Å²) in [6.07, 6.45) is 2.38. The number of anilines is 1. The Morgan fingerprint density at radius 2 is 1.68 bits per heavy atom. The monoisotopic (exact) mass is 568 g/mol. The summed E-state index contributed by atoms with van der Waals surface area (Å²) >= 11 is 1.38. The molecule has 0 radical (unpaired) electrons. The highest BCUT2D eigenvalue weighted by molar-refractivity contribution is 8.04. The highest BCUT2D eigenvalue weighted by atomic mass is 32.2. The molecule has 1 aliphatic heterocycles. The summed E-state index contributed by atoms with van der Waals surface area (Å²) in [5, 5.41) is 2.94. The lowest BCUT2D eigenvalue weighted by atomic mass is 10.1. The quantitative estimate of drug-likeness (QED) is 0.234. The number of rotatable bonds is 9. The first-order valence-electron chi connectivity index (χ1n) is 13.1. The molecule has 6 nitrogen and oxygen atoms in total. The standard InChI is InChI=1S/C33H29FN2O4S/c1-39-26-15-16-29(40-2)24(20-26)17-18-35-32(37)23-13-11-22(12-14-23)19-31-33(38)36(21-25-7-3-4-8-27(25)34)28-9-5-6-10-30(28)41-31/h3-16,19-20H,17-18,21H2,1-2H3,(H,35,37). The molecule has 4 aromatic rings. The van der Waals surface area contributed by atoms with Crippen LogP contribution in [0.25, 0.3) is 6.08 Å². The number of ether oxygens (including phenoxy) is 2. The van der Waals surface area contributed by atoms with Gasteiger partial charge in [0.2, 0.25) is 0 Å². The summed E-state index contributed by atoms with van der Waals surface area (Å²) in [5.41, 5.74) is 3.43. The first-order chi connectivity index (χ1) is 20.0. The fraction of sp³-hybridized carbons (Fsp3) is 0.152. The molecule has 0 aliphatic carbocycles. The molecule has 41 heavy (non-hydrogen) atoms. The van der Waals surface area contributed by atoms with E-state index in [1.807, 2.05) is 54.6 Å². The average Bonchev–Trinajstić information content (AvgIpc) is 3.00. The van der Waals surface area contributed by atoms with Gasteiger partial charge in [0.1, 0.15) is 17.3 Å². The third kappa shape index (κ3) is 6.44. The van der Waals surface area contributed by atoms with Gasteiger partial charge in [0.15, 0.2) is 0 Å². The van der Waals surface area contributed by atoms with Crippen molar-refractivity contribution in [2.24, 2.45) is 0 Å². The van der Waals surface area contributed by atoms with Gasteiger partial charge >= 0.3 is 0 Å². The maximum Gasteiger partial charge on any atom is 0.265 e. The van der Waals surface area contributed by atoms with Crippen molar-refractivity contribution in [3.63, 3.8) is 0 Å². The second kappa shape index (κ2) is 12.7. The van der Waals surface area contributed by atoms with Crippen LogP contribution in [-0.4, -0.2) is 32.6 Å². The van der Waals surface area contributed by atoms with Crippen LogP contribution in [-0.2, 0) is 17.8 Å². The summed E-state index contributed by atoms with van der Waals surface area (Å²) in [6, 6.07) is 26.7. The van der Waals surface area contributed by atoms with E-state index in [0.29, 0.717) is 29.0 Å². The van der Waals surface area contributed by atoms with Gasteiger partial charge in [-0.3, -0.25) is 9.59 Å². The molecule has 0 atom stereocenters. The summed E-state index contributed by atoms with van der Waals surface area (Å²) < 4.78 is 25.1. The molecule has 0 saturated heterocycles. The Morgan fingerprint density at radius 1 is 0.927 bits per heavy atom. The topological polar surface area (TPSA) is 67.9 Å². The lowest BCUT2D eigenvalue weighted by Gasteiger charge is -2.30. The fourth-order valence-electron chi connectivity index (χ4n) is 4.59. The second-order valence-electron chi connectivity index (χ2n) is 9.37. The van der Waals surface area contributed by atoms with Crippen molar-refractivity contribution in [1.82, 2.24) is 5.32 Å². The summed E-state index contributed by atoms with van der Waals surface area (Å²) in [5.74, 6) is 0.719. The van der Waals surface area contributed by atoms with Crippen LogP contribution in [0.1, 0.15) is 27.0 Å². The lowest BCUT2D eigenvalue weighted by molar-refractivity contribution is -0.114.